The minimum Gasteiger partial charge on any atom is -0.497 e. The number of benzene rings is 2. The van der Waals surface area contributed by atoms with Crippen LogP contribution >= 0.6 is 11.6 Å². The van der Waals surface area contributed by atoms with Crippen molar-refractivity contribution in [3.8, 4) is 11.5 Å². The number of aryl methyl sites for hydroxylation is 2. The zero-order chi connectivity index (χ0) is 21.5. The number of ether oxygens (including phenoxy) is 2. The molecule has 0 saturated carbocycles. The third kappa shape index (κ3) is 5.89. The van der Waals surface area contributed by atoms with E-state index in [4.69, 9.17) is 21.1 Å². The highest BCUT2D eigenvalue weighted by Crippen LogP contribution is 2.27. The summed E-state index contributed by atoms with van der Waals surface area (Å²) in [5.74, 6) is 1.37. The number of methoxy groups -OCH3 is 1. The molecule has 30 heavy (non-hydrogen) atoms. The highest BCUT2D eigenvalue weighted by atomic mass is 35.5. The Morgan fingerprint density at radius 1 is 1.07 bits per heavy atom. The number of carbonyl (C=O) groups excluding carboxylic acids is 1. The second-order valence-electron chi connectivity index (χ2n) is 7.85. The van der Waals surface area contributed by atoms with E-state index in [1.54, 1.807) is 7.11 Å². The molecule has 1 heterocycles. The van der Waals surface area contributed by atoms with Gasteiger partial charge in [0.2, 0.25) is 0 Å². The van der Waals surface area contributed by atoms with Crippen molar-refractivity contribution in [1.29, 1.82) is 0 Å². The van der Waals surface area contributed by atoms with Crippen LogP contribution in [0, 0.1) is 13.8 Å². The predicted octanol–water partition coefficient (Wildman–Crippen LogP) is 4.69. The van der Waals surface area contributed by atoms with Gasteiger partial charge in [-0.15, -0.1) is 0 Å². The summed E-state index contributed by atoms with van der Waals surface area (Å²) < 4.78 is 11.0. The van der Waals surface area contributed by atoms with Crippen LogP contribution < -0.4 is 14.8 Å². The van der Waals surface area contributed by atoms with Crippen LogP contribution in [-0.4, -0.2) is 44.2 Å². The van der Waals surface area contributed by atoms with E-state index in [0.29, 0.717) is 12.3 Å². The zero-order valence-corrected chi connectivity index (χ0v) is 18.8. The van der Waals surface area contributed by atoms with E-state index in [0.717, 1.165) is 35.0 Å². The van der Waals surface area contributed by atoms with Crippen LogP contribution in [0.25, 0.3) is 0 Å². The van der Waals surface area contributed by atoms with Crippen LogP contribution in [0.3, 0.4) is 0 Å². The standard InChI is InChI=1S/C24H31ClN2O3/c1-17-13-21(14-18(2)24(17)25)30-16-23(28)26-15-22(27-11-5-4-6-12-27)19-7-9-20(29-3)10-8-19/h7-10,13-14,22H,4-6,11-12,15-16H2,1-3H3,(H,26,28)/t22-/m1/s1. The van der Waals surface area contributed by atoms with Gasteiger partial charge in [-0.25, -0.2) is 0 Å². The van der Waals surface area contributed by atoms with Crippen LogP contribution in [0.4, 0.5) is 0 Å². The first-order valence-electron chi connectivity index (χ1n) is 10.5. The summed E-state index contributed by atoms with van der Waals surface area (Å²) in [6.07, 6.45) is 3.66. The van der Waals surface area contributed by atoms with Crippen molar-refractivity contribution in [2.75, 3.05) is 33.4 Å². The number of hydrogen-bond acceptors (Lipinski definition) is 4. The highest BCUT2D eigenvalue weighted by Gasteiger charge is 2.23. The second-order valence-corrected chi connectivity index (χ2v) is 8.23. The van der Waals surface area contributed by atoms with Crippen molar-refractivity contribution < 1.29 is 14.3 Å². The fraction of sp³-hybridized carbons (Fsp3) is 0.458. The Balaban J connectivity index is 1.60. The minimum atomic E-state index is -0.129. The van der Waals surface area contributed by atoms with Gasteiger partial charge in [-0.05, 0) is 80.7 Å². The van der Waals surface area contributed by atoms with E-state index in [2.05, 4.69) is 22.3 Å². The summed E-state index contributed by atoms with van der Waals surface area (Å²) in [5.41, 5.74) is 3.07. The summed E-state index contributed by atoms with van der Waals surface area (Å²) in [4.78, 5) is 14.9. The quantitative estimate of drug-likeness (QED) is 0.660. The van der Waals surface area contributed by atoms with Gasteiger partial charge in [0.05, 0.1) is 13.2 Å². The molecule has 1 aliphatic rings. The molecule has 1 saturated heterocycles. The molecule has 0 bridgehead atoms. The van der Waals surface area contributed by atoms with E-state index >= 15 is 0 Å². The molecular weight excluding hydrogens is 400 g/mol. The Hall–Kier alpha value is -2.24. The molecule has 6 heteroatoms. The largest absolute Gasteiger partial charge is 0.497 e. The van der Waals surface area contributed by atoms with Gasteiger partial charge in [-0.1, -0.05) is 30.2 Å². The first kappa shape index (κ1) is 22.4. The minimum absolute atomic E-state index is 0.0180. The number of hydrogen-bond donors (Lipinski definition) is 1. The number of nitrogens with one attached hydrogen (secondary N) is 1. The average Bonchev–Trinajstić information content (AvgIpc) is 2.77. The number of likely N-dealkylation sites (tertiary alicyclic amines) is 1. The fourth-order valence-electron chi connectivity index (χ4n) is 3.91. The first-order valence-corrected chi connectivity index (χ1v) is 10.9. The lowest BCUT2D eigenvalue weighted by molar-refractivity contribution is -0.123. The smallest absolute Gasteiger partial charge is 0.258 e. The van der Waals surface area contributed by atoms with Crippen LogP contribution in [0.15, 0.2) is 36.4 Å². The fourth-order valence-corrected chi connectivity index (χ4v) is 4.02. The highest BCUT2D eigenvalue weighted by molar-refractivity contribution is 6.32. The summed E-state index contributed by atoms with van der Waals surface area (Å²) in [7, 11) is 1.67. The molecule has 0 aliphatic carbocycles. The average molecular weight is 431 g/mol. The topological polar surface area (TPSA) is 50.8 Å². The molecule has 0 spiro atoms. The van der Waals surface area contributed by atoms with Gasteiger partial charge in [0, 0.05) is 11.6 Å². The van der Waals surface area contributed by atoms with Gasteiger partial charge in [-0.3, -0.25) is 9.69 Å². The van der Waals surface area contributed by atoms with Gasteiger partial charge in [0.15, 0.2) is 6.61 Å². The van der Waals surface area contributed by atoms with Crippen molar-refractivity contribution in [2.45, 2.75) is 39.2 Å². The summed E-state index contributed by atoms with van der Waals surface area (Å²) in [6, 6.07) is 12.0. The van der Waals surface area contributed by atoms with Gasteiger partial charge < -0.3 is 14.8 Å². The van der Waals surface area contributed by atoms with Gasteiger partial charge in [-0.2, -0.15) is 0 Å². The SMILES string of the molecule is COc1ccc([C@@H](CNC(=O)COc2cc(C)c(Cl)c(C)c2)N2CCCCC2)cc1. The molecule has 1 fully saturated rings. The Kier molecular flexibility index (Phi) is 8.00. The summed E-state index contributed by atoms with van der Waals surface area (Å²) >= 11 is 6.20. The molecule has 0 aromatic heterocycles. The molecule has 0 unspecified atom stereocenters. The number of nitrogens with zero attached hydrogens (tertiary/aromatic N) is 1. The van der Waals surface area contributed by atoms with Gasteiger partial charge >= 0.3 is 0 Å². The van der Waals surface area contributed by atoms with Crippen molar-refractivity contribution in [3.63, 3.8) is 0 Å². The maximum absolute atomic E-state index is 12.5. The molecule has 1 amide bonds. The molecule has 1 atom stereocenters. The third-order valence-corrected chi connectivity index (χ3v) is 6.20. The van der Waals surface area contributed by atoms with Crippen LogP contribution in [0.5, 0.6) is 11.5 Å². The molecule has 2 aromatic rings. The maximum Gasteiger partial charge on any atom is 0.258 e. The van der Waals surface area contributed by atoms with E-state index in [-0.39, 0.29) is 18.6 Å². The molecular formula is C24H31ClN2O3. The van der Waals surface area contributed by atoms with E-state index < -0.39 is 0 Å². The summed E-state index contributed by atoms with van der Waals surface area (Å²) in [6.45, 7) is 6.49. The Labute approximate surface area is 184 Å². The third-order valence-electron chi connectivity index (χ3n) is 5.60. The number of rotatable bonds is 8. The van der Waals surface area contributed by atoms with Crippen LogP contribution in [0.1, 0.15) is 42.0 Å². The number of piperidine rings is 1. The molecule has 5 nitrogen and oxygen atoms in total. The predicted molar refractivity (Wildman–Crippen MR) is 121 cm³/mol. The monoisotopic (exact) mass is 430 g/mol. The normalized spacial score (nSPS) is 15.5. The zero-order valence-electron chi connectivity index (χ0n) is 18.0. The van der Waals surface area contributed by atoms with E-state index in [9.17, 15) is 4.79 Å². The second kappa shape index (κ2) is 10.7. The van der Waals surface area contributed by atoms with Crippen LogP contribution in [0.2, 0.25) is 5.02 Å². The molecule has 2 aromatic carbocycles. The number of carbonyl (C=O) groups is 1. The van der Waals surface area contributed by atoms with Crippen LogP contribution in [-0.2, 0) is 4.79 Å². The first-order chi connectivity index (χ1) is 14.5. The van der Waals surface area contributed by atoms with Crippen molar-refractivity contribution in [2.24, 2.45) is 0 Å². The molecule has 1 N–H and O–H groups in total. The summed E-state index contributed by atoms with van der Waals surface area (Å²) in [5, 5.41) is 3.79. The van der Waals surface area contributed by atoms with E-state index in [1.807, 2.05) is 38.1 Å². The van der Waals surface area contributed by atoms with Gasteiger partial charge in [0.25, 0.3) is 5.91 Å². The Bertz CT molecular complexity index is 825. The van der Waals surface area contributed by atoms with Crippen molar-refractivity contribution in [1.82, 2.24) is 10.2 Å². The Morgan fingerprint density at radius 2 is 1.70 bits per heavy atom. The molecule has 1 aliphatic heterocycles. The maximum atomic E-state index is 12.5. The molecule has 0 radical (unpaired) electrons. The van der Waals surface area contributed by atoms with E-state index in [1.165, 1.54) is 24.8 Å². The lowest BCUT2D eigenvalue weighted by Gasteiger charge is -2.35. The Morgan fingerprint density at radius 3 is 2.30 bits per heavy atom. The number of amides is 1. The molecule has 162 valence electrons. The van der Waals surface area contributed by atoms with Crippen molar-refractivity contribution >= 4 is 17.5 Å². The lowest BCUT2D eigenvalue weighted by atomic mass is 10.0. The van der Waals surface area contributed by atoms with Gasteiger partial charge in [0.1, 0.15) is 11.5 Å². The molecule has 3 rings (SSSR count). The van der Waals surface area contributed by atoms with Crippen molar-refractivity contribution in [3.05, 3.63) is 58.1 Å². The number of halogens is 1. The lowest BCUT2D eigenvalue weighted by Crippen LogP contribution is -2.41.